The highest BCUT2D eigenvalue weighted by molar-refractivity contribution is 4.90. The van der Waals surface area contributed by atoms with Crippen LogP contribution in [-0.2, 0) is 4.74 Å². The van der Waals surface area contributed by atoms with E-state index in [4.69, 9.17) is 9.84 Å². The first kappa shape index (κ1) is 15.8. The maximum absolute atomic E-state index is 9.74. The number of hydrogen-bond acceptors (Lipinski definition) is 6. The van der Waals surface area contributed by atoms with Crippen molar-refractivity contribution in [1.29, 1.82) is 0 Å². The monoisotopic (exact) mass is 263 g/mol. The predicted molar refractivity (Wildman–Crippen MR) is 65.9 cm³/mol. The zero-order valence-corrected chi connectivity index (χ0v) is 10.8. The fourth-order valence-corrected chi connectivity index (χ4v) is 2.07. The van der Waals surface area contributed by atoms with Crippen molar-refractivity contribution in [3.63, 3.8) is 0 Å². The van der Waals surface area contributed by atoms with Crippen LogP contribution in [0.2, 0.25) is 0 Å². The van der Waals surface area contributed by atoms with Crippen LogP contribution >= 0.6 is 0 Å². The summed E-state index contributed by atoms with van der Waals surface area (Å²) in [6, 6.07) is 0. The first-order valence-electron chi connectivity index (χ1n) is 6.65. The van der Waals surface area contributed by atoms with Gasteiger partial charge in [0.15, 0.2) is 0 Å². The lowest BCUT2D eigenvalue weighted by Gasteiger charge is -2.40. The van der Waals surface area contributed by atoms with Gasteiger partial charge in [0.1, 0.15) is 30.6 Å². The standard InChI is InChI=1S/C12H25NO5/c1-2-3-4-5-6-13-12-11(17)10(16)9(15)8(7-14)18-12/h8-17H,2-7H2,1H3/t8-,9-,10+,11-,12?/m1/s1. The molecule has 18 heavy (non-hydrogen) atoms. The average molecular weight is 263 g/mol. The van der Waals surface area contributed by atoms with Gasteiger partial charge in [0.25, 0.3) is 0 Å². The largest absolute Gasteiger partial charge is 0.394 e. The molecule has 0 aromatic heterocycles. The van der Waals surface area contributed by atoms with Crippen molar-refractivity contribution >= 4 is 0 Å². The van der Waals surface area contributed by atoms with E-state index in [-0.39, 0.29) is 6.61 Å². The number of rotatable bonds is 7. The second kappa shape index (κ2) is 8.04. The summed E-state index contributed by atoms with van der Waals surface area (Å²) in [6.07, 6.45) is -0.986. The van der Waals surface area contributed by atoms with Crippen LogP contribution in [0.25, 0.3) is 0 Å². The van der Waals surface area contributed by atoms with E-state index in [1.807, 2.05) is 0 Å². The quantitative estimate of drug-likeness (QED) is 0.376. The predicted octanol–water partition coefficient (Wildman–Crippen LogP) is -1.04. The zero-order valence-electron chi connectivity index (χ0n) is 10.8. The normalized spacial score (nSPS) is 36.8. The molecule has 1 fully saturated rings. The van der Waals surface area contributed by atoms with Gasteiger partial charge in [-0.05, 0) is 13.0 Å². The fraction of sp³-hybridized carbons (Fsp3) is 1.00. The van der Waals surface area contributed by atoms with Gasteiger partial charge in [-0.15, -0.1) is 0 Å². The van der Waals surface area contributed by atoms with Gasteiger partial charge in [-0.25, -0.2) is 0 Å². The molecule has 1 aliphatic rings. The van der Waals surface area contributed by atoms with Crippen molar-refractivity contribution < 1.29 is 25.2 Å². The smallest absolute Gasteiger partial charge is 0.137 e. The van der Waals surface area contributed by atoms with Gasteiger partial charge in [0, 0.05) is 0 Å². The third-order valence-corrected chi connectivity index (χ3v) is 3.27. The van der Waals surface area contributed by atoms with E-state index in [1.165, 1.54) is 0 Å². The van der Waals surface area contributed by atoms with Crippen molar-refractivity contribution in [2.45, 2.75) is 63.3 Å². The van der Waals surface area contributed by atoms with E-state index < -0.39 is 30.6 Å². The highest BCUT2D eigenvalue weighted by Crippen LogP contribution is 2.19. The van der Waals surface area contributed by atoms with Crippen molar-refractivity contribution in [2.24, 2.45) is 0 Å². The summed E-state index contributed by atoms with van der Waals surface area (Å²) >= 11 is 0. The third kappa shape index (κ3) is 4.15. The SMILES string of the molecule is CCCCCCNC1O[C@H](CO)[C@@H](O)[C@H](O)[C@H]1O. The maximum atomic E-state index is 9.74. The number of hydrogen-bond donors (Lipinski definition) is 5. The number of ether oxygens (including phenoxy) is 1. The van der Waals surface area contributed by atoms with Gasteiger partial charge in [-0.2, -0.15) is 0 Å². The van der Waals surface area contributed by atoms with Gasteiger partial charge in [-0.1, -0.05) is 26.2 Å². The van der Waals surface area contributed by atoms with Gasteiger partial charge in [-0.3, -0.25) is 5.32 Å². The Morgan fingerprint density at radius 3 is 2.33 bits per heavy atom. The van der Waals surface area contributed by atoms with Crippen LogP contribution in [0.4, 0.5) is 0 Å². The molecule has 108 valence electrons. The Morgan fingerprint density at radius 1 is 1.00 bits per heavy atom. The van der Waals surface area contributed by atoms with Crippen LogP contribution in [0, 0.1) is 0 Å². The molecule has 0 saturated carbocycles. The minimum Gasteiger partial charge on any atom is -0.394 e. The molecular formula is C12H25NO5. The van der Waals surface area contributed by atoms with Crippen LogP contribution in [0.15, 0.2) is 0 Å². The Morgan fingerprint density at radius 2 is 1.72 bits per heavy atom. The van der Waals surface area contributed by atoms with Crippen LogP contribution in [0.1, 0.15) is 32.6 Å². The number of aliphatic hydroxyl groups excluding tert-OH is 4. The molecule has 1 aliphatic heterocycles. The van der Waals surface area contributed by atoms with Crippen LogP contribution in [0.5, 0.6) is 0 Å². The maximum Gasteiger partial charge on any atom is 0.137 e. The fourth-order valence-electron chi connectivity index (χ4n) is 2.07. The first-order chi connectivity index (χ1) is 8.61. The molecule has 5 N–H and O–H groups in total. The lowest BCUT2D eigenvalue weighted by atomic mass is 9.98. The van der Waals surface area contributed by atoms with Crippen molar-refractivity contribution in [1.82, 2.24) is 5.32 Å². The number of unbranched alkanes of at least 4 members (excludes halogenated alkanes) is 3. The second-order valence-corrected chi connectivity index (χ2v) is 4.76. The van der Waals surface area contributed by atoms with E-state index in [1.54, 1.807) is 0 Å². The van der Waals surface area contributed by atoms with E-state index in [0.717, 1.165) is 25.7 Å². The van der Waals surface area contributed by atoms with Crippen LogP contribution in [-0.4, -0.2) is 64.2 Å². The number of aliphatic hydroxyl groups is 4. The van der Waals surface area contributed by atoms with Crippen molar-refractivity contribution in [3.05, 3.63) is 0 Å². The summed E-state index contributed by atoms with van der Waals surface area (Å²) in [6.45, 7) is 2.41. The molecule has 0 spiro atoms. The molecule has 1 heterocycles. The topological polar surface area (TPSA) is 102 Å². The summed E-state index contributed by atoms with van der Waals surface area (Å²) in [7, 11) is 0. The van der Waals surface area contributed by atoms with E-state index in [9.17, 15) is 15.3 Å². The molecule has 1 unspecified atom stereocenters. The second-order valence-electron chi connectivity index (χ2n) is 4.76. The van der Waals surface area contributed by atoms with Gasteiger partial charge in [0.2, 0.25) is 0 Å². The van der Waals surface area contributed by atoms with E-state index in [2.05, 4.69) is 12.2 Å². The average Bonchev–Trinajstić information content (AvgIpc) is 2.38. The van der Waals surface area contributed by atoms with Crippen LogP contribution < -0.4 is 5.32 Å². The highest BCUT2D eigenvalue weighted by atomic mass is 16.6. The Balaban J connectivity index is 2.35. The highest BCUT2D eigenvalue weighted by Gasteiger charge is 2.42. The Labute approximate surface area is 108 Å². The zero-order chi connectivity index (χ0) is 13.5. The van der Waals surface area contributed by atoms with Crippen molar-refractivity contribution in [3.8, 4) is 0 Å². The molecule has 0 aromatic carbocycles. The van der Waals surface area contributed by atoms with E-state index in [0.29, 0.717) is 6.54 Å². The molecule has 5 atom stereocenters. The van der Waals surface area contributed by atoms with Crippen LogP contribution in [0.3, 0.4) is 0 Å². The molecule has 0 radical (unpaired) electrons. The molecule has 1 saturated heterocycles. The molecule has 0 aliphatic carbocycles. The summed E-state index contributed by atoms with van der Waals surface area (Å²) in [4.78, 5) is 0. The Kier molecular flexibility index (Phi) is 7.06. The summed E-state index contributed by atoms with van der Waals surface area (Å²) in [5.41, 5.74) is 0. The Hall–Kier alpha value is -0.240. The molecule has 6 nitrogen and oxygen atoms in total. The molecule has 0 amide bonds. The molecule has 6 heteroatoms. The van der Waals surface area contributed by atoms with Gasteiger partial charge < -0.3 is 25.2 Å². The van der Waals surface area contributed by atoms with Gasteiger partial charge >= 0.3 is 0 Å². The molecular weight excluding hydrogens is 238 g/mol. The van der Waals surface area contributed by atoms with E-state index >= 15 is 0 Å². The lowest BCUT2D eigenvalue weighted by Crippen LogP contribution is -2.62. The molecule has 0 bridgehead atoms. The minimum absolute atomic E-state index is 0.390. The third-order valence-electron chi connectivity index (χ3n) is 3.27. The molecule has 0 aromatic rings. The summed E-state index contributed by atoms with van der Waals surface area (Å²) < 4.78 is 5.32. The molecule has 1 rings (SSSR count). The number of nitrogens with one attached hydrogen (secondary N) is 1. The van der Waals surface area contributed by atoms with Crippen molar-refractivity contribution in [2.75, 3.05) is 13.2 Å². The summed E-state index contributed by atoms with van der Waals surface area (Å²) in [5, 5.41) is 40.9. The lowest BCUT2D eigenvalue weighted by molar-refractivity contribution is -0.236. The minimum atomic E-state index is -1.30. The summed E-state index contributed by atoms with van der Waals surface area (Å²) in [5.74, 6) is 0. The van der Waals surface area contributed by atoms with Gasteiger partial charge in [0.05, 0.1) is 6.61 Å². The first-order valence-corrected chi connectivity index (χ1v) is 6.65. The Bertz CT molecular complexity index is 227.